The van der Waals surface area contributed by atoms with E-state index in [0.717, 1.165) is 46.5 Å². The summed E-state index contributed by atoms with van der Waals surface area (Å²) in [7, 11) is 0. The zero-order chi connectivity index (χ0) is 88.6. The highest BCUT2D eigenvalue weighted by Crippen LogP contribution is 2.31. The van der Waals surface area contributed by atoms with Gasteiger partial charge in [-0.05, 0) is 206 Å². The van der Waals surface area contributed by atoms with Crippen molar-refractivity contribution in [3.05, 3.63) is 322 Å². The minimum absolute atomic E-state index is 0.0416. The second-order valence-corrected chi connectivity index (χ2v) is 26.8. The first-order valence-corrected chi connectivity index (χ1v) is 37.6. The monoisotopic (exact) mass is 1670 g/mol. The van der Waals surface area contributed by atoms with Gasteiger partial charge in [0.25, 0.3) is 29.5 Å². The number of amides is 6. The van der Waals surface area contributed by atoms with Crippen LogP contribution in [0.4, 0.5) is 37.2 Å². The van der Waals surface area contributed by atoms with Crippen molar-refractivity contribution in [2.45, 2.75) is 83.1 Å². The number of carbonyl (C=O) groups is 11. The maximum absolute atomic E-state index is 14.1. The van der Waals surface area contributed by atoms with Crippen molar-refractivity contribution in [2.24, 2.45) is 0 Å². The maximum atomic E-state index is 14.1. The summed E-state index contributed by atoms with van der Waals surface area (Å²) in [5, 5.41) is 117. The molecule has 1 unspecified atom stereocenters. The molecule has 0 saturated carbocycles. The summed E-state index contributed by atoms with van der Waals surface area (Å²) < 4.78 is 27.2. The molecule has 0 bridgehead atoms. The van der Waals surface area contributed by atoms with Crippen LogP contribution in [0, 0.1) is 11.6 Å². The first kappa shape index (κ1) is 93.4. The molecule has 0 fully saturated rings. The molecular weight excluding hydrogens is 1580 g/mol. The number of aryl methyl sites for hydroxylation is 3. The molecule has 31 heteroatoms. The van der Waals surface area contributed by atoms with Crippen LogP contribution in [0.3, 0.4) is 0 Å². The fraction of sp³-hybridized carbons (Fsp3) is 0.154. The number of carbonyl (C=O) groups excluding carboxylic acids is 6. The highest BCUT2D eigenvalue weighted by Gasteiger charge is 2.24. The van der Waals surface area contributed by atoms with Crippen LogP contribution in [0.25, 0.3) is 11.1 Å². The van der Waals surface area contributed by atoms with E-state index in [1.165, 1.54) is 91.0 Å². The van der Waals surface area contributed by atoms with Crippen molar-refractivity contribution < 1.29 is 118 Å². The Balaban J connectivity index is 0.000000211. The fourth-order valence-corrected chi connectivity index (χ4v) is 11.4. The number of hydrogen-bond acceptors (Lipinski definition) is 18. The number of rotatable bonds is 32. The molecule has 29 nitrogen and oxygen atoms in total. The SMILES string of the molecule is O=C(CCCc1ccc(NC(=O)c2ccccc2O)cc1)NO.O=C(O)CC(C(=O)O)c1ccc(NC(=O)c2ccccc2O)cc1.O=C(O)CCCc1ccc(NC(=O)c2cc(-c3ccc(F)cc3F)ccc2O)cc1.O=C(O)CCCc1ccc(NCc2ccccc2O)cc1.O=C(O)CCNC(=O)c1ccc(NC(=O)c2ccccc2O)cc1. The zero-order valence-corrected chi connectivity index (χ0v) is 65.2. The molecule has 18 N–H and O–H groups in total. The minimum Gasteiger partial charge on any atom is -0.508 e. The molecule has 122 heavy (non-hydrogen) atoms. The Morgan fingerprint density at radius 3 is 1.14 bits per heavy atom. The van der Waals surface area contributed by atoms with Crippen molar-refractivity contribution in [1.29, 1.82) is 0 Å². The topological polar surface area (TPSA) is 495 Å². The van der Waals surface area contributed by atoms with Gasteiger partial charge in [0.2, 0.25) is 5.91 Å². The van der Waals surface area contributed by atoms with Crippen molar-refractivity contribution in [3.63, 3.8) is 0 Å². The number of carboxylic acids is 5. The molecule has 11 aromatic carbocycles. The summed E-state index contributed by atoms with van der Waals surface area (Å²) in [5.41, 5.74) is 9.99. The number of aromatic hydroxyl groups is 5. The molecule has 0 aromatic heterocycles. The summed E-state index contributed by atoms with van der Waals surface area (Å²) in [6.07, 6.45) is 3.72. The molecule has 1 atom stereocenters. The molecule has 0 spiro atoms. The van der Waals surface area contributed by atoms with Gasteiger partial charge in [-0.25, -0.2) is 14.3 Å². The lowest BCUT2D eigenvalue weighted by Crippen LogP contribution is -2.25. The Morgan fingerprint density at radius 2 is 0.738 bits per heavy atom. The lowest BCUT2D eigenvalue weighted by atomic mass is 9.96. The molecule has 632 valence electrons. The van der Waals surface area contributed by atoms with Crippen LogP contribution in [-0.4, -0.2) is 128 Å². The molecule has 11 aromatic rings. The number of phenolic OH excluding ortho intramolecular Hbond substituents is 5. The van der Waals surface area contributed by atoms with Gasteiger partial charge >= 0.3 is 29.8 Å². The summed E-state index contributed by atoms with van der Waals surface area (Å²) in [6.45, 7) is 0.602. The highest BCUT2D eigenvalue weighted by molar-refractivity contribution is 6.09. The first-order chi connectivity index (χ1) is 58.4. The average molecular weight is 1670 g/mol. The number of aliphatic carboxylic acids is 5. The van der Waals surface area contributed by atoms with E-state index in [2.05, 4.69) is 31.9 Å². The lowest BCUT2D eigenvalue weighted by molar-refractivity contribution is -0.145. The second kappa shape index (κ2) is 48.0. The second-order valence-electron chi connectivity index (χ2n) is 26.8. The number of hydroxylamine groups is 1. The fourth-order valence-electron chi connectivity index (χ4n) is 11.4. The summed E-state index contributed by atoms with van der Waals surface area (Å²) in [6, 6.07) is 67.0. The van der Waals surface area contributed by atoms with Gasteiger partial charge in [-0.1, -0.05) is 109 Å². The predicted octanol–water partition coefficient (Wildman–Crippen LogP) is 15.0. The van der Waals surface area contributed by atoms with Gasteiger partial charge in [0.15, 0.2) is 0 Å². The molecule has 0 aliphatic carbocycles. The highest BCUT2D eigenvalue weighted by atomic mass is 19.1. The predicted molar refractivity (Wildman–Crippen MR) is 448 cm³/mol. The van der Waals surface area contributed by atoms with Crippen molar-refractivity contribution in [1.82, 2.24) is 10.8 Å². The third-order valence-electron chi connectivity index (χ3n) is 17.8. The van der Waals surface area contributed by atoms with Crippen LogP contribution in [0.15, 0.2) is 255 Å². The van der Waals surface area contributed by atoms with Gasteiger partial charge in [0.05, 0.1) is 41.0 Å². The van der Waals surface area contributed by atoms with Crippen LogP contribution in [0.5, 0.6) is 28.7 Å². The Bertz CT molecular complexity index is 5430. The number of para-hydroxylation sites is 4. The summed E-state index contributed by atoms with van der Waals surface area (Å²) in [5.74, 6) is -10.7. The van der Waals surface area contributed by atoms with Crippen molar-refractivity contribution in [2.75, 3.05) is 33.1 Å². The molecule has 6 amide bonds. The molecule has 0 aliphatic heterocycles. The normalized spacial score (nSPS) is 10.5. The number of phenols is 5. The van der Waals surface area contributed by atoms with E-state index >= 15 is 0 Å². The van der Waals surface area contributed by atoms with E-state index in [1.807, 2.05) is 48.5 Å². The molecule has 0 radical (unpaired) electrons. The number of hydrogen-bond donors (Lipinski definition) is 18. The molecule has 11 rings (SSSR count). The molecule has 0 aliphatic rings. The van der Waals surface area contributed by atoms with Crippen LogP contribution in [0.1, 0.15) is 137 Å². The van der Waals surface area contributed by atoms with Gasteiger partial charge in [0, 0.05) is 83.5 Å². The van der Waals surface area contributed by atoms with Crippen molar-refractivity contribution in [3.8, 4) is 39.9 Å². The standard InChI is InChI=1S/C23H19F2NO4.C17H16N2O5.C17H18N2O4.C17H15NO6.C17H19NO3/c24-16-7-10-18(20(25)13-16)15-6-11-21(27)19(12-15)23(30)26-17-8-4-14(5-9-17)2-1-3-22(28)29;20-14-4-2-1-3-13(14)17(24)19-12-7-5-11(6-8-12)16(23)18-10-9-15(21)22;20-15-6-2-1-5-14(15)17(22)18-13-10-8-12(9-11-13)4-3-7-16(21)19-23;19-14-4-2-1-3-12(14)16(22)18-11-7-5-10(6-8-11)13(17(23)24)9-15(20)21;19-16-6-2-1-5-14(16)12-18-15-10-8-13(9-11-15)4-3-7-17(20)21/h4-13,27H,1-3H2,(H,26,30)(H,28,29);1-8,20H,9-10H2,(H,18,23)(H,19,24)(H,21,22);1-2,5-6,8-11,20,23H,3-4,7H2,(H,18,22)(H,19,21);1-8,13,19H,9H2,(H,18,22)(H,20,21)(H,23,24);1-2,5-6,8-11,18-19H,3-4,7,12H2,(H,20,21). The Labute approximate surface area is 697 Å². The smallest absolute Gasteiger partial charge is 0.311 e. The van der Waals surface area contributed by atoms with Gasteiger partial charge in [-0.15, -0.1) is 0 Å². The van der Waals surface area contributed by atoms with E-state index in [9.17, 15) is 87.1 Å². The van der Waals surface area contributed by atoms with Gasteiger partial charge in [-0.2, -0.15) is 0 Å². The average Bonchev–Trinajstić information content (AvgIpc) is 0.799. The van der Waals surface area contributed by atoms with Gasteiger partial charge in [-0.3, -0.25) is 57.9 Å². The van der Waals surface area contributed by atoms with Crippen LogP contribution in [0.2, 0.25) is 0 Å². The first-order valence-electron chi connectivity index (χ1n) is 37.6. The van der Waals surface area contributed by atoms with E-state index in [-0.39, 0.29) is 94.7 Å². The Hall–Kier alpha value is -15.8. The lowest BCUT2D eigenvalue weighted by Gasteiger charge is -2.12. The summed E-state index contributed by atoms with van der Waals surface area (Å²) >= 11 is 0. The Kier molecular flexibility index (Phi) is 36.8. The quantitative estimate of drug-likeness (QED) is 0.0137. The van der Waals surface area contributed by atoms with Crippen LogP contribution >= 0.6 is 0 Å². The minimum atomic E-state index is -1.23. The third kappa shape index (κ3) is 31.7. The molecule has 0 saturated heterocycles. The zero-order valence-electron chi connectivity index (χ0n) is 65.2. The van der Waals surface area contributed by atoms with Gasteiger partial charge < -0.3 is 83.0 Å². The molecular formula is C91H87F2N7O22. The van der Waals surface area contributed by atoms with Crippen LogP contribution in [-0.2, 0) is 54.6 Å². The van der Waals surface area contributed by atoms with E-state index in [0.29, 0.717) is 78.1 Å². The molecule has 0 heterocycles. The number of nitrogens with one attached hydrogen (secondary N) is 7. The number of anilines is 5. The number of halogens is 2. The maximum Gasteiger partial charge on any atom is 0.311 e. The van der Waals surface area contributed by atoms with E-state index in [1.54, 1.807) is 109 Å². The van der Waals surface area contributed by atoms with Gasteiger partial charge in [0.1, 0.15) is 40.4 Å². The van der Waals surface area contributed by atoms with Crippen LogP contribution < -0.4 is 37.4 Å². The third-order valence-corrected chi connectivity index (χ3v) is 17.8. The largest absolute Gasteiger partial charge is 0.508 e. The van der Waals surface area contributed by atoms with E-state index in [4.69, 9.17) is 30.7 Å². The summed E-state index contributed by atoms with van der Waals surface area (Å²) in [4.78, 5) is 125. The van der Waals surface area contributed by atoms with E-state index < -0.39 is 83.4 Å². The Morgan fingerprint density at radius 1 is 0.352 bits per heavy atom. The van der Waals surface area contributed by atoms with Crippen molar-refractivity contribution >= 4 is 93.7 Å². The number of carboxylic acid groups (broad SMARTS) is 5. The number of benzene rings is 11.